The van der Waals surface area contributed by atoms with Crippen molar-refractivity contribution < 1.29 is 13.7 Å². The summed E-state index contributed by atoms with van der Waals surface area (Å²) in [6, 6.07) is 14.9. The first-order valence-corrected chi connectivity index (χ1v) is 8.38. The highest BCUT2D eigenvalue weighted by Gasteiger charge is 2.18. The summed E-state index contributed by atoms with van der Waals surface area (Å²) in [5, 5.41) is 0. The molecule has 0 amide bonds. The summed E-state index contributed by atoms with van der Waals surface area (Å²) in [6.45, 7) is 5.67. The van der Waals surface area contributed by atoms with Crippen LogP contribution in [-0.2, 0) is 11.0 Å². The average molecular weight is 331 g/mol. The van der Waals surface area contributed by atoms with Crippen LogP contribution in [0.3, 0.4) is 0 Å². The maximum absolute atomic E-state index is 12.0. The summed E-state index contributed by atoms with van der Waals surface area (Å²) in [4.78, 5) is 0. The van der Waals surface area contributed by atoms with Gasteiger partial charge in [-0.05, 0) is 50.6 Å². The van der Waals surface area contributed by atoms with Crippen molar-refractivity contribution in [3.05, 3.63) is 54.1 Å². The molecule has 0 bridgehead atoms. The maximum Gasteiger partial charge on any atom is 0.169 e. The van der Waals surface area contributed by atoms with E-state index in [-0.39, 0.29) is 4.75 Å². The first kappa shape index (κ1) is 17.2. The molecule has 0 fully saturated rings. The summed E-state index contributed by atoms with van der Waals surface area (Å²) in [5.74, 6) is 1.97. The molecule has 5 heteroatoms. The minimum atomic E-state index is -1.28. The Kier molecular flexibility index (Phi) is 5.55. The molecule has 2 aromatic carbocycles. The molecule has 0 spiro atoms. The molecule has 2 rings (SSSR count). The van der Waals surface area contributed by atoms with Gasteiger partial charge in [0.2, 0.25) is 0 Å². The number of hydrogen-bond donors (Lipinski definition) is 0. The minimum Gasteiger partial charge on any atom is -0.493 e. The highest BCUT2D eigenvalue weighted by atomic mass is 32.2. The van der Waals surface area contributed by atoms with Crippen LogP contribution in [0.1, 0.15) is 26.3 Å². The topological polar surface area (TPSA) is 47.9 Å². The monoisotopic (exact) mass is 331 g/mol. The number of rotatable bonds is 5. The fourth-order valence-corrected chi connectivity index (χ4v) is 2.29. The summed E-state index contributed by atoms with van der Waals surface area (Å²) in [6.07, 6.45) is 1.61. The average Bonchev–Trinajstić information content (AvgIpc) is 2.52. The Hall–Kier alpha value is -2.14. The Bertz CT molecular complexity index is 720. The maximum atomic E-state index is 12.0. The van der Waals surface area contributed by atoms with E-state index in [0.717, 1.165) is 5.56 Å². The number of methoxy groups -OCH3 is 1. The van der Waals surface area contributed by atoms with Gasteiger partial charge in [-0.1, -0.05) is 24.3 Å². The fraction of sp³-hybridized carbons (Fsp3) is 0.278. The molecule has 4 nitrogen and oxygen atoms in total. The number of hydrogen-bond acceptors (Lipinski definition) is 3. The van der Waals surface area contributed by atoms with E-state index in [1.165, 1.54) is 0 Å². The van der Waals surface area contributed by atoms with Gasteiger partial charge in [-0.25, -0.2) is 4.21 Å². The molecule has 0 saturated heterocycles. The van der Waals surface area contributed by atoms with E-state index in [4.69, 9.17) is 9.47 Å². The van der Waals surface area contributed by atoms with Gasteiger partial charge < -0.3 is 9.47 Å². The molecule has 0 saturated carbocycles. The van der Waals surface area contributed by atoms with Gasteiger partial charge >= 0.3 is 0 Å². The molecule has 0 aliphatic heterocycles. The van der Waals surface area contributed by atoms with Crippen LogP contribution in [0.2, 0.25) is 0 Å². The molecule has 0 radical (unpaired) electrons. The molecule has 23 heavy (non-hydrogen) atoms. The van der Waals surface area contributed by atoms with E-state index in [2.05, 4.69) is 4.40 Å². The van der Waals surface area contributed by atoms with E-state index in [1.54, 1.807) is 13.3 Å². The molecule has 1 atom stereocenters. The van der Waals surface area contributed by atoms with Gasteiger partial charge in [0.1, 0.15) is 16.7 Å². The first-order valence-electron chi connectivity index (χ1n) is 7.27. The van der Waals surface area contributed by atoms with Crippen molar-refractivity contribution in [2.75, 3.05) is 7.11 Å². The highest BCUT2D eigenvalue weighted by Crippen LogP contribution is 2.31. The second-order valence-electron chi connectivity index (χ2n) is 5.92. The van der Waals surface area contributed by atoms with E-state index in [9.17, 15) is 4.21 Å². The molecular weight excluding hydrogens is 310 g/mol. The number of benzene rings is 2. The third-order valence-electron chi connectivity index (χ3n) is 2.98. The highest BCUT2D eigenvalue weighted by molar-refractivity contribution is 7.85. The Balaban J connectivity index is 2.17. The second kappa shape index (κ2) is 7.42. The fourth-order valence-electron chi connectivity index (χ4n) is 1.76. The van der Waals surface area contributed by atoms with Crippen molar-refractivity contribution in [3.63, 3.8) is 0 Å². The Morgan fingerprint density at radius 1 is 1.04 bits per heavy atom. The molecule has 2 aromatic rings. The lowest BCUT2D eigenvalue weighted by molar-refractivity contribution is 0.379. The van der Waals surface area contributed by atoms with Crippen LogP contribution in [0.4, 0.5) is 0 Å². The third-order valence-corrected chi connectivity index (χ3v) is 4.32. The van der Waals surface area contributed by atoms with E-state index >= 15 is 0 Å². The summed E-state index contributed by atoms with van der Waals surface area (Å²) < 4.78 is 26.8. The zero-order valence-corrected chi connectivity index (χ0v) is 14.6. The number of para-hydroxylation sites is 2. The van der Waals surface area contributed by atoms with Crippen LogP contribution in [0, 0.1) is 0 Å². The summed E-state index contributed by atoms with van der Waals surface area (Å²) in [5.41, 5.74) is 0.829. The van der Waals surface area contributed by atoms with Gasteiger partial charge in [0.25, 0.3) is 0 Å². The lowest BCUT2D eigenvalue weighted by Gasteiger charge is -2.13. The van der Waals surface area contributed by atoms with Crippen molar-refractivity contribution in [3.8, 4) is 17.2 Å². The third kappa shape index (κ3) is 4.93. The van der Waals surface area contributed by atoms with Crippen LogP contribution in [0.5, 0.6) is 17.2 Å². The second-order valence-corrected chi connectivity index (χ2v) is 7.86. The standard InChI is InChI=1S/C18H21NO3S/c1-18(2,3)23(20)19-13-14-8-7-9-15(12-14)22-17-11-6-5-10-16(17)21-4/h5-13H,1-4H3/b19-13+/t23-/m1/s1. The Morgan fingerprint density at radius 3 is 2.39 bits per heavy atom. The first-order chi connectivity index (χ1) is 10.9. The molecule has 0 aliphatic carbocycles. The predicted molar refractivity (Wildman–Crippen MR) is 95.0 cm³/mol. The van der Waals surface area contributed by atoms with Crippen LogP contribution >= 0.6 is 0 Å². The molecule has 0 aromatic heterocycles. The molecule has 0 N–H and O–H groups in total. The lowest BCUT2D eigenvalue weighted by atomic mass is 10.2. The van der Waals surface area contributed by atoms with E-state index in [1.807, 2.05) is 69.3 Å². The van der Waals surface area contributed by atoms with Gasteiger partial charge in [-0.3, -0.25) is 0 Å². The van der Waals surface area contributed by atoms with Crippen molar-refractivity contribution in [1.82, 2.24) is 0 Å². The van der Waals surface area contributed by atoms with Gasteiger partial charge in [0.15, 0.2) is 11.5 Å². The van der Waals surface area contributed by atoms with Crippen molar-refractivity contribution in [1.29, 1.82) is 0 Å². The summed E-state index contributed by atoms with van der Waals surface area (Å²) in [7, 11) is 0.325. The molecule has 0 heterocycles. The molecular formula is C18H21NO3S. The lowest BCUT2D eigenvalue weighted by Crippen LogP contribution is -2.19. The van der Waals surface area contributed by atoms with Gasteiger partial charge in [-0.2, -0.15) is 4.40 Å². The van der Waals surface area contributed by atoms with Crippen LogP contribution < -0.4 is 9.47 Å². The van der Waals surface area contributed by atoms with Crippen molar-refractivity contribution >= 4 is 17.2 Å². The van der Waals surface area contributed by atoms with Crippen molar-refractivity contribution in [2.45, 2.75) is 25.5 Å². The number of ether oxygens (including phenoxy) is 2. The summed E-state index contributed by atoms with van der Waals surface area (Å²) >= 11 is 0. The normalized spacial score (nSPS) is 13.0. The molecule has 122 valence electrons. The van der Waals surface area contributed by atoms with Gasteiger partial charge in [0.05, 0.1) is 11.9 Å². The molecule has 0 aliphatic rings. The van der Waals surface area contributed by atoms with Crippen LogP contribution in [0.15, 0.2) is 52.9 Å². The zero-order valence-electron chi connectivity index (χ0n) is 13.8. The largest absolute Gasteiger partial charge is 0.493 e. The van der Waals surface area contributed by atoms with Gasteiger partial charge in [-0.15, -0.1) is 0 Å². The van der Waals surface area contributed by atoms with Crippen LogP contribution in [-0.4, -0.2) is 22.3 Å². The quantitative estimate of drug-likeness (QED) is 0.764. The predicted octanol–water partition coefficient (Wildman–Crippen LogP) is 4.37. The smallest absolute Gasteiger partial charge is 0.169 e. The Labute approximate surface area is 139 Å². The number of nitrogens with zero attached hydrogens (tertiary/aromatic N) is 1. The zero-order chi connectivity index (χ0) is 16.9. The van der Waals surface area contributed by atoms with Gasteiger partial charge in [0, 0.05) is 6.21 Å². The van der Waals surface area contributed by atoms with E-state index < -0.39 is 11.0 Å². The SMILES string of the molecule is COc1ccccc1Oc1cccc(/C=N/[S@](=O)C(C)(C)C)c1. The van der Waals surface area contributed by atoms with E-state index in [0.29, 0.717) is 17.2 Å². The van der Waals surface area contributed by atoms with Crippen LogP contribution in [0.25, 0.3) is 0 Å². The van der Waals surface area contributed by atoms with Crippen molar-refractivity contribution in [2.24, 2.45) is 4.40 Å². The Morgan fingerprint density at radius 2 is 1.74 bits per heavy atom. The minimum absolute atomic E-state index is 0.373. The molecule has 0 unspecified atom stereocenters.